The van der Waals surface area contributed by atoms with Crippen LogP contribution in [0.3, 0.4) is 0 Å². The summed E-state index contributed by atoms with van der Waals surface area (Å²) >= 11 is 0. The lowest BCUT2D eigenvalue weighted by molar-refractivity contribution is 0.0220. The van der Waals surface area contributed by atoms with Gasteiger partial charge in [0.25, 0.3) is 0 Å². The minimum absolute atomic E-state index is 0.201. The minimum atomic E-state index is -0.464. The average Bonchev–Trinajstić information content (AvgIpc) is 3.32. The molecule has 152 valence electrons. The van der Waals surface area contributed by atoms with Gasteiger partial charge in [-0.2, -0.15) is 0 Å². The number of hydrogen-bond acceptors (Lipinski definition) is 4. The monoisotopic (exact) mass is 392 g/mol. The van der Waals surface area contributed by atoms with Gasteiger partial charge in [0.2, 0.25) is 0 Å². The largest absolute Gasteiger partial charge is 0.444 e. The summed E-state index contributed by atoms with van der Waals surface area (Å²) in [6, 6.07) is 12.3. The highest BCUT2D eigenvalue weighted by atomic mass is 16.6. The SMILES string of the molecule is CC(C)(C)OC(=O)N1CCCC1CCc1cccc(-c2cnc3ccccn23)n1. The van der Waals surface area contributed by atoms with Gasteiger partial charge in [0, 0.05) is 24.5 Å². The van der Waals surface area contributed by atoms with E-state index < -0.39 is 5.60 Å². The van der Waals surface area contributed by atoms with E-state index in [0.717, 1.165) is 55.0 Å². The summed E-state index contributed by atoms with van der Waals surface area (Å²) < 4.78 is 7.62. The smallest absolute Gasteiger partial charge is 0.410 e. The van der Waals surface area contributed by atoms with Crippen LogP contribution in [-0.4, -0.2) is 43.5 Å². The topological polar surface area (TPSA) is 59.7 Å². The Hall–Kier alpha value is -2.89. The van der Waals surface area contributed by atoms with Crippen molar-refractivity contribution in [2.24, 2.45) is 0 Å². The number of pyridine rings is 2. The highest BCUT2D eigenvalue weighted by Crippen LogP contribution is 2.25. The minimum Gasteiger partial charge on any atom is -0.444 e. The number of carbonyl (C=O) groups is 1. The van der Waals surface area contributed by atoms with Crippen LogP contribution in [0.5, 0.6) is 0 Å². The number of aromatic nitrogens is 3. The molecule has 1 aliphatic heterocycles. The quantitative estimate of drug-likeness (QED) is 0.644. The van der Waals surface area contributed by atoms with Gasteiger partial charge in [-0.1, -0.05) is 12.1 Å². The van der Waals surface area contributed by atoms with Crippen molar-refractivity contribution in [1.29, 1.82) is 0 Å². The van der Waals surface area contributed by atoms with E-state index in [-0.39, 0.29) is 12.1 Å². The van der Waals surface area contributed by atoms with Crippen molar-refractivity contribution >= 4 is 11.7 Å². The molecule has 4 heterocycles. The van der Waals surface area contributed by atoms with Crippen molar-refractivity contribution < 1.29 is 9.53 Å². The molecule has 0 radical (unpaired) electrons. The van der Waals surface area contributed by atoms with Crippen LogP contribution < -0.4 is 0 Å². The summed E-state index contributed by atoms with van der Waals surface area (Å²) in [4.78, 5) is 23.7. The molecule has 4 rings (SSSR count). The molecule has 3 aromatic rings. The number of rotatable bonds is 4. The second kappa shape index (κ2) is 7.85. The highest BCUT2D eigenvalue weighted by Gasteiger charge is 2.31. The third-order valence-electron chi connectivity index (χ3n) is 5.23. The number of ether oxygens (including phenoxy) is 1. The Morgan fingerprint density at radius 3 is 2.90 bits per heavy atom. The number of imidazole rings is 1. The van der Waals surface area contributed by atoms with Crippen molar-refractivity contribution in [3.05, 3.63) is 54.5 Å². The molecular weight excluding hydrogens is 364 g/mol. The molecular formula is C23H28N4O2. The number of likely N-dealkylation sites (tertiary alicyclic amines) is 1. The van der Waals surface area contributed by atoms with Crippen LogP contribution in [-0.2, 0) is 11.2 Å². The molecule has 0 bridgehead atoms. The summed E-state index contributed by atoms with van der Waals surface area (Å²) in [5.41, 5.74) is 3.38. The van der Waals surface area contributed by atoms with Crippen LogP contribution in [0.15, 0.2) is 48.8 Å². The van der Waals surface area contributed by atoms with E-state index in [1.165, 1.54) is 0 Å². The third kappa shape index (κ3) is 4.42. The number of carbonyl (C=O) groups excluding carboxylic acids is 1. The molecule has 1 aliphatic rings. The van der Waals surface area contributed by atoms with Gasteiger partial charge in [-0.15, -0.1) is 0 Å². The molecule has 6 heteroatoms. The number of nitrogens with zero attached hydrogens (tertiary/aromatic N) is 4. The van der Waals surface area contributed by atoms with Crippen molar-refractivity contribution in [3.63, 3.8) is 0 Å². The number of hydrogen-bond donors (Lipinski definition) is 0. The van der Waals surface area contributed by atoms with E-state index >= 15 is 0 Å². The van der Waals surface area contributed by atoms with Crippen molar-refractivity contribution in [2.75, 3.05) is 6.54 Å². The van der Waals surface area contributed by atoms with Crippen LogP contribution >= 0.6 is 0 Å². The van der Waals surface area contributed by atoms with Gasteiger partial charge in [-0.05, 0) is 70.7 Å². The summed E-state index contributed by atoms with van der Waals surface area (Å²) in [6.45, 7) is 6.50. The maximum Gasteiger partial charge on any atom is 0.410 e. The lowest BCUT2D eigenvalue weighted by atomic mass is 10.1. The van der Waals surface area contributed by atoms with Gasteiger partial charge in [-0.3, -0.25) is 9.38 Å². The second-order valence-corrected chi connectivity index (χ2v) is 8.59. The number of aryl methyl sites for hydroxylation is 1. The maximum atomic E-state index is 12.5. The third-order valence-corrected chi connectivity index (χ3v) is 5.23. The molecule has 1 atom stereocenters. The standard InChI is InChI=1S/C23H28N4O2/c1-23(2,3)29-22(28)26-15-7-9-18(26)13-12-17-8-6-10-19(25-17)20-16-24-21-11-4-5-14-27(20)21/h4-6,8,10-11,14,16,18H,7,9,12-13,15H2,1-3H3. The van der Waals surface area contributed by atoms with E-state index in [9.17, 15) is 4.79 Å². The predicted molar refractivity (Wildman–Crippen MR) is 113 cm³/mol. The first-order valence-electron chi connectivity index (χ1n) is 10.3. The fourth-order valence-electron chi connectivity index (χ4n) is 3.89. The zero-order chi connectivity index (χ0) is 20.4. The molecule has 0 aliphatic carbocycles. The van der Waals surface area contributed by atoms with Crippen molar-refractivity contribution in [3.8, 4) is 11.4 Å². The van der Waals surface area contributed by atoms with Crippen LogP contribution in [0, 0.1) is 0 Å². The molecule has 0 saturated carbocycles. The van der Waals surface area contributed by atoms with E-state index in [0.29, 0.717) is 0 Å². The predicted octanol–water partition coefficient (Wildman–Crippen LogP) is 4.73. The summed E-state index contributed by atoms with van der Waals surface area (Å²) in [7, 11) is 0. The van der Waals surface area contributed by atoms with Gasteiger partial charge in [0.1, 0.15) is 11.2 Å². The molecule has 29 heavy (non-hydrogen) atoms. The Labute approximate surface area is 171 Å². The summed E-state index contributed by atoms with van der Waals surface area (Å²) in [6.07, 6.45) is 7.43. The molecule has 0 aromatic carbocycles. The first-order chi connectivity index (χ1) is 13.9. The lowest BCUT2D eigenvalue weighted by Gasteiger charge is -2.28. The van der Waals surface area contributed by atoms with E-state index in [2.05, 4.69) is 11.1 Å². The van der Waals surface area contributed by atoms with Crippen LogP contribution in [0.1, 0.15) is 45.7 Å². The zero-order valence-electron chi connectivity index (χ0n) is 17.3. The zero-order valence-corrected chi connectivity index (χ0v) is 17.3. The number of fused-ring (bicyclic) bond motifs is 1. The highest BCUT2D eigenvalue weighted by molar-refractivity contribution is 5.69. The van der Waals surface area contributed by atoms with Crippen LogP contribution in [0.25, 0.3) is 17.0 Å². The molecule has 6 nitrogen and oxygen atoms in total. The van der Waals surface area contributed by atoms with E-state index in [1.807, 2.05) is 72.8 Å². The Bertz CT molecular complexity index is 1010. The van der Waals surface area contributed by atoms with Crippen LogP contribution in [0.4, 0.5) is 4.79 Å². The summed E-state index contributed by atoms with van der Waals surface area (Å²) in [5.74, 6) is 0. The fraction of sp³-hybridized carbons (Fsp3) is 0.435. The van der Waals surface area contributed by atoms with Crippen LogP contribution in [0.2, 0.25) is 0 Å². The normalized spacial score (nSPS) is 17.1. The van der Waals surface area contributed by atoms with E-state index in [1.54, 1.807) is 0 Å². The molecule has 1 saturated heterocycles. The maximum absolute atomic E-state index is 12.5. The molecule has 1 amide bonds. The molecule has 0 spiro atoms. The Morgan fingerprint density at radius 2 is 2.07 bits per heavy atom. The van der Waals surface area contributed by atoms with Gasteiger partial charge in [-0.25, -0.2) is 9.78 Å². The van der Waals surface area contributed by atoms with Crippen molar-refractivity contribution in [1.82, 2.24) is 19.3 Å². The van der Waals surface area contributed by atoms with Gasteiger partial charge in [0.05, 0.1) is 17.6 Å². The Balaban J connectivity index is 1.45. The Kier molecular flexibility index (Phi) is 5.26. The second-order valence-electron chi connectivity index (χ2n) is 8.59. The van der Waals surface area contributed by atoms with Crippen molar-refractivity contribution in [2.45, 2.75) is 58.1 Å². The molecule has 3 aromatic heterocycles. The van der Waals surface area contributed by atoms with Gasteiger partial charge < -0.3 is 9.64 Å². The fourth-order valence-corrected chi connectivity index (χ4v) is 3.89. The lowest BCUT2D eigenvalue weighted by Crippen LogP contribution is -2.40. The van der Waals surface area contributed by atoms with Gasteiger partial charge >= 0.3 is 6.09 Å². The Morgan fingerprint density at radius 1 is 1.21 bits per heavy atom. The molecule has 0 N–H and O–H groups in total. The first-order valence-corrected chi connectivity index (χ1v) is 10.3. The van der Waals surface area contributed by atoms with E-state index in [4.69, 9.17) is 9.72 Å². The molecule has 1 unspecified atom stereocenters. The van der Waals surface area contributed by atoms with Gasteiger partial charge in [0.15, 0.2) is 0 Å². The summed E-state index contributed by atoms with van der Waals surface area (Å²) in [5, 5.41) is 0. The number of amides is 1. The molecule has 1 fully saturated rings. The average molecular weight is 393 g/mol. The first kappa shape index (κ1) is 19.4.